The Morgan fingerprint density at radius 2 is 2.05 bits per heavy atom. The highest BCUT2D eigenvalue weighted by molar-refractivity contribution is 6.30. The number of nitrogens with zero attached hydrogens (tertiary/aromatic N) is 2. The summed E-state index contributed by atoms with van der Waals surface area (Å²) >= 11 is 6.01. The maximum absolute atomic E-state index is 6.01. The van der Waals surface area contributed by atoms with Crippen molar-refractivity contribution in [2.75, 3.05) is 5.73 Å². The van der Waals surface area contributed by atoms with Crippen molar-refractivity contribution in [2.45, 2.75) is 13.5 Å². The number of hydrogen-bond acceptors (Lipinski definition) is 2. The molecule has 0 unspecified atom stereocenters. The molecule has 96 valence electrons. The van der Waals surface area contributed by atoms with Crippen molar-refractivity contribution in [2.24, 2.45) is 0 Å². The minimum atomic E-state index is 0.528. The van der Waals surface area contributed by atoms with Gasteiger partial charge in [0.1, 0.15) is 0 Å². The number of fused-ring (bicyclic) bond motifs is 1. The number of anilines is 1. The molecule has 0 spiro atoms. The van der Waals surface area contributed by atoms with E-state index >= 15 is 0 Å². The fourth-order valence-corrected chi connectivity index (χ4v) is 2.46. The molecule has 2 N–H and O–H groups in total. The lowest BCUT2D eigenvalue weighted by Gasteiger charge is -2.07. The van der Waals surface area contributed by atoms with Gasteiger partial charge in [-0.2, -0.15) is 0 Å². The Labute approximate surface area is 116 Å². The normalized spacial score (nSPS) is 11.1. The molecule has 0 saturated heterocycles. The summed E-state index contributed by atoms with van der Waals surface area (Å²) in [5.74, 6) is 0.528. The van der Waals surface area contributed by atoms with Gasteiger partial charge in [0.15, 0.2) is 0 Å². The van der Waals surface area contributed by atoms with E-state index in [1.807, 2.05) is 41.8 Å². The molecule has 19 heavy (non-hydrogen) atoms. The molecule has 0 aliphatic heterocycles. The summed E-state index contributed by atoms with van der Waals surface area (Å²) < 4.78 is 2.00. The maximum Gasteiger partial charge on any atom is 0.201 e. The number of rotatable bonds is 2. The molecular weight excluding hydrogens is 258 g/mol. The molecule has 0 radical (unpaired) electrons. The van der Waals surface area contributed by atoms with Crippen LogP contribution in [0, 0.1) is 6.92 Å². The van der Waals surface area contributed by atoms with Gasteiger partial charge in [0.05, 0.1) is 17.6 Å². The first kappa shape index (κ1) is 12.1. The van der Waals surface area contributed by atoms with Crippen molar-refractivity contribution < 1.29 is 0 Å². The second kappa shape index (κ2) is 4.59. The van der Waals surface area contributed by atoms with Crippen LogP contribution in [0.4, 0.5) is 5.95 Å². The second-order valence-corrected chi connectivity index (χ2v) is 5.11. The molecule has 0 fully saturated rings. The molecule has 0 aliphatic rings. The molecular formula is C15H14ClN3. The summed E-state index contributed by atoms with van der Waals surface area (Å²) in [5.41, 5.74) is 10.3. The standard InChI is InChI=1S/C15H14ClN3/c1-10-5-6-14-13(7-10)18-15(17)19(14)9-11-3-2-4-12(16)8-11/h2-8H,9H2,1H3,(H2,17,18). The van der Waals surface area contributed by atoms with Crippen molar-refractivity contribution >= 4 is 28.6 Å². The van der Waals surface area contributed by atoms with Crippen LogP contribution in [0.5, 0.6) is 0 Å². The number of aryl methyl sites for hydroxylation is 1. The zero-order valence-electron chi connectivity index (χ0n) is 10.6. The van der Waals surface area contributed by atoms with E-state index in [1.54, 1.807) is 0 Å². The molecule has 1 aromatic heterocycles. The predicted octanol–water partition coefficient (Wildman–Crippen LogP) is 3.63. The first-order valence-electron chi connectivity index (χ1n) is 6.10. The summed E-state index contributed by atoms with van der Waals surface area (Å²) in [4.78, 5) is 4.40. The third-order valence-corrected chi connectivity index (χ3v) is 3.40. The highest BCUT2D eigenvalue weighted by atomic mass is 35.5. The number of imidazole rings is 1. The van der Waals surface area contributed by atoms with Crippen LogP contribution in [-0.4, -0.2) is 9.55 Å². The van der Waals surface area contributed by atoms with Crippen LogP contribution in [0.2, 0.25) is 5.02 Å². The minimum absolute atomic E-state index is 0.528. The van der Waals surface area contributed by atoms with Gasteiger partial charge in [0.2, 0.25) is 5.95 Å². The second-order valence-electron chi connectivity index (χ2n) is 4.68. The Morgan fingerprint density at radius 3 is 2.84 bits per heavy atom. The van der Waals surface area contributed by atoms with E-state index in [4.69, 9.17) is 17.3 Å². The van der Waals surface area contributed by atoms with E-state index < -0.39 is 0 Å². The molecule has 3 rings (SSSR count). The topological polar surface area (TPSA) is 43.8 Å². The summed E-state index contributed by atoms with van der Waals surface area (Å²) in [5, 5.41) is 0.733. The Balaban J connectivity index is 2.07. The monoisotopic (exact) mass is 271 g/mol. The highest BCUT2D eigenvalue weighted by Gasteiger charge is 2.08. The molecule has 3 aromatic rings. The fraction of sp³-hybridized carbons (Fsp3) is 0.133. The molecule has 0 saturated carbocycles. The molecule has 0 atom stereocenters. The lowest BCUT2D eigenvalue weighted by Crippen LogP contribution is -2.04. The van der Waals surface area contributed by atoms with Crippen LogP contribution in [0.25, 0.3) is 11.0 Å². The minimum Gasteiger partial charge on any atom is -0.369 e. The lowest BCUT2D eigenvalue weighted by molar-refractivity contribution is 0.838. The van der Waals surface area contributed by atoms with Gasteiger partial charge < -0.3 is 10.3 Å². The van der Waals surface area contributed by atoms with Gasteiger partial charge in [-0.05, 0) is 42.3 Å². The van der Waals surface area contributed by atoms with E-state index in [1.165, 1.54) is 5.56 Å². The number of hydrogen-bond donors (Lipinski definition) is 1. The van der Waals surface area contributed by atoms with Crippen LogP contribution in [0.3, 0.4) is 0 Å². The number of nitrogen functional groups attached to an aromatic ring is 1. The molecule has 0 bridgehead atoms. The summed E-state index contributed by atoms with van der Waals surface area (Å²) in [6.45, 7) is 2.72. The Bertz CT molecular complexity index is 746. The van der Waals surface area contributed by atoms with Gasteiger partial charge in [-0.1, -0.05) is 29.8 Å². The van der Waals surface area contributed by atoms with Gasteiger partial charge >= 0.3 is 0 Å². The van der Waals surface area contributed by atoms with Gasteiger partial charge in [-0.3, -0.25) is 0 Å². The average molecular weight is 272 g/mol. The van der Waals surface area contributed by atoms with E-state index in [2.05, 4.69) is 17.1 Å². The summed E-state index contributed by atoms with van der Waals surface area (Å²) in [7, 11) is 0. The van der Waals surface area contributed by atoms with E-state index in [0.717, 1.165) is 21.6 Å². The van der Waals surface area contributed by atoms with Crippen molar-refractivity contribution in [3.05, 3.63) is 58.6 Å². The average Bonchev–Trinajstić information content (AvgIpc) is 2.65. The van der Waals surface area contributed by atoms with Crippen LogP contribution in [0.1, 0.15) is 11.1 Å². The third kappa shape index (κ3) is 2.29. The van der Waals surface area contributed by atoms with Crippen LogP contribution in [0.15, 0.2) is 42.5 Å². The van der Waals surface area contributed by atoms with E-state index in [-0.39, 0.29) is 0 Å². The molecule has 0 amide bonds. The quantitative estimate of drug-likeness (QED) is 0.773. The smallest absolute Gasteiger partial charge is 0.201 e. The van der Waals surface area contributed by atoms with Crippen LogP contribution < -0.4 is 5.73 Å². The van der Waals surface area contributed by atoms with E-state index in [9.17, 15) is 0 Å². The summed E-state index contributed by atoms with van der Waals surface area (Å²) in [6, 6.07) is 13.9. The molecule has 2 aromatic carbocycles. The number of benzene rings is 2. The maximum atomic E-state index is 6.01. The van der Waals surface area contributed by atoms with Gasteiger partial charge in [-0.15, -0.1) is 0 Å². The Morgan fingerprint density at radius 1 is 1.21 bits per heavy atom. The largest absolute Gasteiger partial charge is 0.369 e. The number of nitrogens with two attached hydrogens (primary N) is 1. The Kier molecular flexibility index (Phi) is 2.91. The first-order chi connectivity index (χ1) is 9.13. The number of halogens is 1. The van der Waals surface area contributed by atoms with Gasteiger partial charge in [0, 0.05) is 5.02 Å². The van der Waals surface area contributed by atoms with E-state index in [0.29, 0.717) is 12.5 Å². The molecule has 1 heterocycles. The van der Waals surface area contributed by atoms with Crippen molar-refractivity contribution in [3.63, 3.8) is 0 Å². The molecule has 0 aliphatic carbocycles. The summed E-state index contributed by atoms with van der Waals surface area (Å²) in [6.07, 6.45) is 0. The van der Waals surface area contributed by atoms with Crippen molar-refractivity contribution in [3.8, 4) is 0 Å². The SMILES string of the molecule is Cc1ccc2c(c1)nc(N)n2Cc1cccc(Cl)c1. The lowest BCUT2D eigenvalue weighted by atomic mass is 10.2. The highest BCUT2D eigenvalue weighted by Crippen LogP contribution is 2.21. The van der Waals surface area contributed by atoms with Gasteiger partial charge in [0.25, 0.3) is 0 Å². The number of aromatic nitrogens is 2. The van der Waals surface area contributed by atoms with Crippen molar-refractivity contribution in [1.82, 2.24) is 9.55 Å². The Hall–Kier alpha value is -2.00. The molecule has 4 heteroatoms. The predicted molar refractivity (Wildman–Crippen MR) is 79.4 cm³/mol. The molecule has 3 nitrogen and oxygen atoms in total. The van der Waals surface area contributed by atoms with Crippen LogP contribution >= 0.6 is 11.6 Å². The third-order valence-electron chi connectivity index (χ3n) is 3.16. The zero-order valence-corrected chi connectivity index (χ0v) is 11.4. The first-order valence-corrected chi connectivity index (χ1v) is 6.48. The van der Waals surface area contributed by atoms with Crippen LogP contribution in [-0.2, 0) is 6.54 Å². The fourth-order valence-electron chi connectivity index (χ4n) is 2.24. The zero-order chi connectivity index (χ0) is 13.4. The van der Waals surface area contributed by atoms with Crippen molar-refractivity contribution in [1.29, 1.82) is 0 Å². The van der Waals surface area contributed by atoms with Gasteiger partial charge in [-0.25, -0.2) is 4.98 Å².